The second-order valence-corrected chi connectivity index (χ2v) is 3.63. The highest BCUT2D eigenvalue weighted by molar-refractivity contribution is 5.67. The molecule has 4 heteroatoms. The number of nitrogens with one attached hydrogen (secondary N) is 1. The topological polar surface area (TPSA) is 58.6 Å². The highest BCUT2D eigenvalue weighted by Crippen LogP contribution is 2.01. The van der Waals surface area contributed by atoms with Crippen LogP contribution < -0.4 is 5.32 Å². The van der Waals surface area contributed by atoms with Crippen molar-refractivity contribution in [1.82, 2.24) is 5.32 Å². The van der Waals surface area contributed by atoms with E-state index < -0.39 is 6.09 Å². The van der Waals surface area contributed by atoms with Gasteiger partial charge in [-0.15, -0.1) is 0 Å². The molecule has 0 aromatic rings. The van der Waals surface area contributed by atoms with E-state index in [0.717, 1.165) is 0 Å². The summed E-state index contributed by atoms with van der Waals surface area (Å²) in [5.74, 6) is 0.199. The van der Waals surface area contributed by atoms with E-state index in [1.54, 1.807) is 13.8 Å². The van der Waals surface area contributed by atoms with Gasteiger partial charge >= 0.3 is 6.09 Å². The van der Waals surface area contributed by atoms with Gasteiger partial charge in [-0.05, 0) is 19.8 Å². The molecule has 4 nitrogen and oxygen atoms in total. The van der Waals surface area contributed by atoms with E-state index in [-0.39, 0.29) is 24.7 Å². The summed E-state index contributed by atoms with van der Waals surface area (Å²) in [6.07, 6.45) is -0.603. The highest BCUT2D eigenvalue weighted by Gasteiger charge is 2.16. The van der Waals surface area contributed by atoms with Crippen molar-refractivity contribution in [2.75, 3.05) is 6.61 Å². The van der Waals surface area contributed by atoms with Crippen LogP contribution in [0.4, 0.5) is 4.79 Å². The summed E-state index contributed by atoms with van der Waals surface area (Å²) in [6, 6.07) is -0.230. The molecule has 13 heavy (non-hydrogen) atoms. The molecule has 0 fully saturated rings. The molecule has 0 heterocycles. The molecule has 0 aromatic heterocycles. The van der Waals surface area contributed by atoms with Crippen molar-refractivity contribution in [2.24, 2.45) is 5.92 Å². The van der Waals surface area contributed by atoms with Gasteiger partial charge in [0, 0.05) is 0 Å². The Balaban J connectivity index is 3.87. The van der Waals surface area contributed by atoms with Crippen LogP contribution in [-0.4, -0.2) is 30.0 Å². The summed E-state index contributed by atoms with van der Waals surface area (Å²) in [5.41, 5.74) is 0. The molecule has 0 saturated heterocycles. The fraction of sp³-hybridized carbons (Fsp3) is 0.889. The molecule has 78 valence electrons. The first-order valence-electron chi connectivity index (χ1n) is 4.55. The first kappa shape index (κ1) is 12.2. The molecular formula is C9H19NO3. The number of alkyl carbamates (subject to hydrolysis) is 1. The zero-order valence-corrected chi connectivity index (χ0v) is 8.70. The van der Waals surface area contributed by atoms with E-state index in [1.807, 2.05) is 13.8 Å². The Morgan fingerprint density at radius 2 is 1.92 bits per heavy atom. The van der Waals surface area contributed by atoms with Crippen molar-refractivity contribution in [3.63, 3.8) is 0 Å². The Morgan fingerprint density at radius 3 is 2.23 bits per heavy atom. The Hall–Kier alpha value is -0.770. The second kappa shape index (κ2) is 5.80. The SMILES string of the molecule is CC(C)OC(=O)N[C@@H](CO)C(C)C. The van der Waals surface area contributed by atoms with Gasteiger partial charge in [-0.2, -0.15) is 0 Å². The van der Waals surface area contributed by atoms with Gasteiger partial charge in [0.1, 0.15) is 0 Å². The van der Waals surface area contributed by atoms with Gasteiger partial charge in [0.25, 0.3) is 0 Å². The summed E-state index contributed by atoms with van der Waals surface area (Å²) < 4.78 is 4.87. The van der Waals surface area contributed by atoms with E-state index in [2.05, 4.69) is 5.32 Å². The lowest BCUT2D eigenvalue weighted by atomic mass is 10.1. The lowest BCUT2D eigenvalue weighted by Gasteiger charge is -2.20. The number of hydrogen-bond acceptors (Lipinski definition) is 3. The summed E-state index contributed by atoms with van der Waals surface area (Å²) in [4.78, 5) is 11.1. The van der Waals surface area contributed by atoms with Crippen LogP contribution in [-0.2, 0) is 4.74 Å². The highest BCUT2D eigenvalue weighted by atomic mass is 16.6. The van der Waals surface area contributed by atoms with Crippen molar-refractivity contribution in [3.8, 4) is 0 Å². The lowest BCUT2D eigenvalue weighted by Crippen LogP contribution is -2.42. The van der Waals surface area contributed by atoms with E-state index in [9.17, 15) is 4.79 Å². The quantitative estimate of drug-likeness (QED) is 0.697. The first-order chi connectivity index (χ1) is 5.97. The van der Waals surface area contributed by atoms with Crippen molar-refractivity contribution in [3.05, 3.63) is 0 Å². The van der Waals surface area contributed by atoms with Crippen molar-refractivity contribution < 1.29 is 14.6 Å². The van der Waals surface area contributed by atoms with E-state index >= 15 is 0 Å². The Labute approximate surface area is 79.3 Å². The standard InChI is InChI=1S/C9H19NO3/c1-6(2)8(5-11)10-9(12)13-7(3)4/h6-8,11H,5H2,1-4H3,(H,10,12)/t8-/m0/s1. The fourth-order valence-corrected chi connectivity index (χ4v) is 0.823. The van der Waals surface area contributed by atoms with E-state index in [1.165, 1.54) is 0 Å². The Kier molecular flexibility index (Phi) is 5.46. The Bertz CT molecular complexity index is 157. The van der Waals surface area contributed by atoms with Crippen molar-refractivity contribution in [1.29, 1.82) is 0 Å². The van der Waals surface area contributed by atoms with Crippen LogP contribution in [0.15, 0.2) is 0 Å². The van der Waals surface area contributed by atoms with Crippen LogP contribution >= 0.6 is 0 Å². The average Bonchev–Trinajstić information content (AvgIpc) is 1.98. The van der Waals surface area contributed by atoms with Crippen molar-refractivity contribution >= 4 is 6.09 Å². The molecule has 2 N–H and O–H groups in total. The predicted octanol–water partition coefficient (Wildman–Crippen LogP) is 1.14. The van der Waals surface area contributed by atoms with Gasteiger partial charge in [-0.3, -0.25) is 0 Å². The normalized spacial score (nSPS) is 13.2. The number of carbonyl (C=O) groups excluding carboxylic acids is 1. The minimum atomic E-state index is -0.470. The van der Waals surface area contributed by atoms with Gasteiger partial charge in [0.05, 0.1) is 18.8 Å². The predicted molar refractivity (Wildman–Crippen MR) is 50.5 cm³/mol. The third kappa shape index (κ3) is 5.47. The number of aliphatic hydroxyl groups is 1. The molecule has 1 atom stereocenters. The second-order valence-electron chi connectivity index (χ2n) is 3.63. The average molecular weight is 189 g/mol. The molecule has 0 bridgehead atoms. The van der Waals surface area contributed by atoms with Gasteiger partial charge < -0.3 is 15.2 Å². The zero-order chi connectivity index (χ0) is 10.4. The van der Waals surface area contributed by atoms with Gasteiger partial charge in [-0.25, -0.2) is 4.79 Å². The largest absolute Gasteiger partial charge is 0.447 e. The molecule has 0 unspecified atom stereocenters. The number of rotatable bonds is 4. The maximum atomic E-state index is 11.1. The van der Waals surface area contributed by atoms with Gasteiger partial charge in [0.15, 0.2) is 0 Å². The third-order valence-corrected chi connectivity index (χ3v) is 1.65. The molecule has 0 aliphatic heterocycles. The van der Waals surface area contributed by atoms with E-state index in [0.29, 0.717) is 0 Å². The lowest BCUT2D eigenvalue weighted by molar-refractivity contribution is 0.103. The smallest absolute Gasteiger partial charge is 0.407 e. The van der Waals surface area contributed by atoms with Crippen LogP contribution in [0.2, 0.25) is 0 Å². The van der Waals surface area contributed by atoms with Gasteiger partial charge in [0.2, 0.25) is 0 Å². The molecular weight excluding hydrogens is 170 g/mol. The molecule has 0 rings (SSSR count). The first-order valence-corrected chi connectivity index (χ1v) is 4.55. The van der Waals surface area contributed by atoms with Crippen LogP contribution in [0.1, 0.15) is 27.7 Å². The Morgan fingerprint density at radius 1 is 1.38 bits per heavy atom. The molecule has 0 aromatic carbocycles. The monoisotopic (exact) mass is 189 g/mol. The van der Waals surface area contributed by atoms with Crippen molar-refractivity contribution in [2.45, 2.75) is 39.8 Å². The van der Waals surface area contributed by atoms with E-state index in [4.69, 9.17) is 9.84 Å². The molecule has 0 spiro atoms. The number of ether oxygens (including phenoxy) is 1. The number of amides is 1. The summed E-state index contributed by atoms with van der Waals surface area (Å²) in [6.45, 7) is 7.35. The van der Waals surface area contributed by atoms with Crippen LogP contribution in [0.25, 0.3) is 0 Å². The zero-order valence-electron chi connectivity index (χ0n) is 8.70. The van der Waals surface area contributed by atoms with Crippen LogP contribution in [0.5, 0.6) is 0 Å². The maximum absolute atomic E-state index is 11.1. The number of aliphatic hydroxyl groups excluding tert-OH is 1. The summed E-state index contributed by atoms with van der Waals surface area (Å²) in [5, 5.41) is 11.5. The van der Waals surface area contributed by atoms with Crippen LogP contribution in [0, 0.1) is 5.92 Å². The molecule has 0 aliphatic carbocycles. The minimum absolute atomic E-state index is 0.0646. The number of carbonyl (C=O) groups is 1. The van der Waals surface area contributed by atoms with Crippen LogP contribution in [0.3, 0.4) is 0 Å². The fourth-order valence-electron chi connectivity index (χ4n) is 0.823. The maximum Gasteiger partial charge on any atom is 0.407 e. The van der Waals surface area contributed by atoms with Gasteiger partial charge in [-0.1, -0.05) is 13.8 Å². The molecule has 1 amide bonds. The molecule has 0 aliphatic rings. The summed E-state index contributed by atoms with van der Waals surface area (Å²) in [7, 11) is 0. The third-order valence-electron chi connectivity index (χ3n) is 1.65. The molecule has 0 saturated carbocycles. The summed E-state index contributed by atoms with van der Waals surface area (Å²) >= 11 is 0. The number of hydrogen-bond donors (Lipinski definition) is 2. The minimum Gasteiger partial charge on any atom is -0.447 e. The molecule has 0 radical (unpaired) electrons.